The SMILES string of the molecule is CCC(CC)n1ccc(CC(NC)c2cnn(C)c2)n1. The fourth-order valence-electron chi connectivity index (χ4n) is 2.57. The van der Waals surface area contributed by atoms with E-state index in [1.54, 1.807) is 0 Å². The molecule has 0 radical (unpaired) electrons. The lowest BCUT2D eigenvalue weighted by atomic mass is 10.1. The Hall–Kier alpha value is -1.62. The number of aryl methyl sites for hydroxylation is 1. The first-order chi connectivity index (χ1) is 9.67. The monoisotopic (exact) mass is 275 g/mol. The first-order valence-corrected chi connectivity index (χ1v) is 7.37. The van der Waals surface area contributed by atoms with E-state index in [9.17, 15) is 0 Å². The number of hydrogen-bond acceptors (Lipinski definition) is 3. The van der Waals surface area contributed by atoms with Crippen LogP contribution in [0, 0.1) is 0 Å². The van der Waals surface area contributed by atoms with Crippen LogP contribution < -0.4 is 5.32 Å². The second-order valence-electron chi connectivity index (χ2n) is 5.25. The van der Waals surface area contributed by atoms with Gasteiger partial charge in [0.15, 0.2) is 0 Å². The van der Waals surface area contributed by atoms with Crippen LogP contribution in [-0.4, -0.2) is 26.6 Å². The molecule has 0 aliphatic heterocycles. The highest BCUT2D eigenvalue weighted by Gasteiger charge is 2.15. The molecule has 2 heterocycles. The molecule has 1 atom stereocenters. The zero-order valence-electron chi connectivity index (χ0n) is 12.9. The highest BCUT2D eigenvalue weighted by atomic mass is 15.3. The Morgan fingerprint density at radius 1 is 1.30 bits per heavy atom. The predicted octanol–water partition coefficient (Wildman–Crippen LogP) is 2.48. The molecule has 0 aromatic carbocycles. The third-order valence-electron chi connectivity index (χ3n) is 3.87. The van der Waals surface area contributed by atoms with Crippen molar-refractivity contribution in [2.45, 2.75) is 45.2 Å². The number of hydrogen-bond donors (Lipinski definition) is 1. The Morgan fingerprint density at radius 2 is 2.05 bits per heavy atom. The Morgan fingerprint density at radius 3 is 2.60 bits per heavy atom. The maximum Gasteiger partial charge on any atom is 0.0643 e. The van der Waals surface area contributed by atoms with Gasteiger partial charge in [-0.2, -0.15) is 10.2 Å². The van der Waals surface area contributed by atoms with Gasteiger partial charge in [0.1, 0.15) is 0 Å². The molecule has 0 saturated carbocycles. The first kappa shape index (κ1) is 14.8. The van der Waals surface area contributed by atoms with E-state index in [-0.39, 0.29) is 6.04 Å². The quantitative estimate of drug-likeness (QED) is 0.844. The molecule has 110 valence electrons. The van der Waals surface area contributed by atoms with Gasteiger partial charge in [-0.25, -0.2) is 0 Å². The van der Waals surface area contributed by atoms with Crippen molar-refractivity contribution in [1.82, 2.24) is 24.9 Å². The molecule has 2 aromatic heterocycles. The minimum atomic E-state index is 0.258. The fourth-order valence-corrected chi connectivity index (χ4v) is 2.57. The highest BCUT2D eigenvalue weighted by molar-refractivity contribution is 5.14. The molecular formula is C15H25N5. The Kier molecular flexibility index (Phi) is 4.95. The van der Waals surface area contributed by atoms with Crippen molar-refractivity contribution in [3.05, 3.63) is 35.9 Å². The van der Waals surface area contributed by atoms with Gasteiger partial charge in [-0.1, -0.05) is 13.8 Å². The van der Waals surface area contributed by atoms with Gasteiger partial charge >= 0.3 is 0 Å². The predicted molar refractivity (Wildman–Crippen MR) is 80.6 cm³/mol. The lowest BCUT2D eigenvalue weighted by Gasteiger charge is -2.14. The third-order valence-corrected chi connectivity index (χ3v) is 3.87. The highest BCUT2D eigenvalue weighted by Crippen LogP contribution is 2.19. The Labute approximate surface area is 121 Å². The minimum absolute atomic E-state index is 0.258. The maximum atomic E-state index is 4.72. The lowest BCUT2D eigenvalue weighted by Crippen LogP contribution is -2.19. The van der Waals surface area contributed by atoms with Gasteiger partial charge in [0, 0.05) is 37.5 Å². The van der Waals surface area contributed by atoms with E-state index in [0.29, 0.717) is 6.04 Å². The number of aromatic nitrogens is 4. The normalized spacial score (nSPS) is 13.1. The molecular weight excluding hydrogens is 250 g/mol. The van der Waals surface area contributed by atoms with E-state index in [1.807, 2.05) is 25.0 Å². The lowest BCUT2D eigenvalue weighted by molar-refractivity contribution is 0.423. The Bertz CT molecular complexity index is 524. The van der Waals surface area contributed by atoms with Crippen LogP contribution in [0.4, 0.5) is 0 Å². The molecule has 0 spiro atoms. The van der Waals surface area contributed by atoms with Crippen molar-refractivity contribution >= 4 is 0 Å². The largest absolute Gasteiger partial charge is 0.313 e. The van der Waals surface area contributed by atoms with Crippen LogP contribution in [0.5, 0.6) is 0 Å². The Balaban J connectivity index is 2.08. The van der Waals surface area contributed by atoms with Crippen molar-refractivity contribution in [2.75, 3.05) is 7.05 Å². The second-order valence-corrected chi connectivity index (χ2v) is 5.25. The molecule has 0 aliphatic rings. The minimum Gasteiger partial charge on any atom is -0.313 e. The third kappa shape index (κ3) is 3.28. The van der Waals surface area contributed by atoms with Crippen molar-refractivity contribution in [3.8, 4) is 0 Å². The summed E-state index contributed by atoms with van der Waals surface area (Å²) >= 11 is 0. The molecule has 0 fully saturated rings. The summed E-state index contributed by atoms with van der Waals surface area (Å²) in [6.45, 7) is 4.42. The van der Waals surface area contributed by atoms with Crippen LogP contribution in [0.1, 0.15) is 50.0 Å². The maximum absolute atomic E-state index is 4.72. The molecule has 1 unspecified atom stereocenters. The average Bonchev–Trinajstić information content (AvgIpc) is 3.07. The van der Waals surface area contributed by atoms with E-state index < -0.39 is 0 Å². The summed E-state index contributed by atoms with van der Waals surface area (Å²) in [5.74, 6) is 0. The van der Waals surface area contributed by atoms with Crippen molar-refractivity contribution in [2.24, 2.45) is 7.05 Å². The van der Waals surface area contributed by atoms with Gasteiger partial charge in [0.05, 0.1) is 17.9 Å². The standard InChI is InChI=1S/C15H25N5/c1-5-14(6-2)20-8-7-13(18-20)9-15(16-3)12-10-17-19(4)11-12/h7-8,10-11,14-16H,5-6,9H2,1-4H3. The van der Waals surface area contributed by atoms with Gasteiger partial charge in [-0.05, 0) is 26.0 Å². The fraction of sp³-hybridized carbons (Fsp3) is 0.600. The van der Waals surface area contributed by atoms with Crippen LogP contribution in [-0.2, 0) is 13.5 Å². The molecule has 5 nitrogen and oxygen atoms in total. The summed E-state index contributed by atoms with van der Waals surface area (Å²) in [5, 5.41) is 12.3. The van der Waals surface area contributed by atoms with Gasteiger partial charge in [0.2, 0.25) is 0 Å². The average molecular weight is 275 g/mol. The number of rotatable bonds is 7. The molecule has 0 bridgehead atoms. The molecule has 0 saturated heterocycles. The summed E-state index contributed by atoms with van der Waals surface area (Å²) in [6, 6.07) is 2.89. The molecule has 2 rings (SSSR count). The molecule has 20 heavy (non-hydrogen) atoms. The van der Waals surface area contributed by atoms with E-state index >= 15 is 0 Å². The summed E-state index contributed by atoms with van der Waals surface area (Å²) in [6.07, 6.45) is 9.20. The van der Waals surface area contributed by atoms with Gasteiger partial charge in [0.25, 0.3) is 0 Å². The van der Waals surface area contributed by atoms with Crippen LogP contribution in [0.3, 0.4) is 0 Å². The summed E-state index contributed by atoms with van der Waals surface area (Å²) in [7, 11) is 3.92. The van der Waals surface area contributed by atoms with Crippen molar-refractivity contribution in [3.63, 3.8) is 0 Å². The van der Waals surface area contributed by atoms with Crippen LogP contribution in [0.25, 0.3) is 0 Å². The smallest absolute Gasteiger partial charge is 0.0643 e. The van der Waals surface area contributed by atoms with Crippen molar-refractivity contribution < 1.29 is 0 Å². The number of nitrogens with one attached hydrogen (secondary N) is 1. The first-order valence-electron chi connectivity index (χ1n) is 7.37. The molecule has 0 amide bonds. The van der Waals surface area contributed by atoms with Crippen LogP contribution in [0.2, 0.25) is 0 Å². The summed E-state index contributed by atoms with van der Waals surface area (Å²) in [5.41, 5.74) is 2.33. The topological polar surface area (TPSA) is 47.7 Å². The van der Waals surface area contributed by atoms with Crippen molar-refractivity contribution in [1.29, 1.82) is 0 Å². The van der Waals surface area contributed by atoms with Crippen LogP contribution in [0.15, 0.2) is 24.7 Å². The van der Waals surface area contributed by atoms with Gasteiger partial charge in [-0.3, -0.25) is 9.36 Å². The second kappa shape index (κ2) is 6.70. The molecule has 5 heteroatoms. The number of nitrogens with zero attached hydrogens (tertiary/aromatic N) is 4. The zero-order chi connectivity index (χ0) is 14.5. The molecule has 0 aliphatic carbocycles. The van der Waals surface area contributed by atoms with Gasteiger partial charge in [-0.15, -0.1) is 0 Å². The van der Waals surface area contributed by atoms with Gasteiger partial charge < -0.3 is 5.32 Å². The summed E-state index contributed by atoms with van der Waals surface area (Å²) in [4.78, 5) is 0. The molecule has 2 aromatic rings. The van der Waals surface area contributed by atoms with E-state index in [4.69, 9.17) is 5.10 Å². The van der Waals surface area contributed by atoms with E-state index in [1.165, 1.54) is 5.56 Å². The molecule has 1 N–H and O–H groups in total. The summed E-state index contributed by atoms with van der Waals surface area (Å²) < 4.78 is 3.94. The van der Waals surface area contributed by atoms with E-state index in [2.05, 4.69) is 47.4 Å². The number of likely N-dealkylation sites (N-methyl/N-ethyl adjacent to an activating group) is 1. The van der Waals surface area contributed by atoms with E-state index in [0.717, 1.165) is 25.0 Å². The zero-order valence-corrected chi connectivity index (χ0v) is 12.9. The van der Waals surface area contributed by atoms with Crippen LogP contribution >= 0.6 is 0 Å².